The first-order chi connectivity index (χ1) is 8.72. The number of nitrogens with zero attached hydrogens (tertiary/aromatic N) is 3. The van der Waals surface area contributed by atoms with Crippen LogP contribution in [0.15, 0.2) is 29.0 Å². The molecule has 0 saturated carbocycles. The van der Waals surface area contributed by atoms with E-state index in [1.165, 1.54) is 6.33 Å². The van der Waals surface area contributed by atoms with Crippen molar-refractivity contribution in [1.29, 1.82) is 0 Å². The predicted octanol–water partition coefficient (Wildman–Crippen LogP) is 1.66. The normalized spacial score (nSPS) is 10.6. The third kappa shape index (κ3) is 2.88. The maximum atomic E-state index is 5.82. The lowest BCUT2D eigenvalue weighted by atomic mass is 10.1. The average molecular weight is 311 g/mol. The molecule has 96 valence electrons. The molecule has 0 aliphatic heterocycles. The standard InChI is InChI=1S/C12H15BrN4O/c1-17-11(15-8-16-17)7-18-12-9(5-6-14)3-2-4-10(12)13/h2-4,8H,5-7,14H2,1H3. The van der Waals surface area contributed by atoms with Gasteiger partial charge in [-0.05, 0) is 40.5 Å². The van der Waals surface area contributed by atoms with Crippen LogP contribution in [0.2, 0.25) is 0 Å². The summed E-state index contributed by atoms with van der Waals surface area (Å²) in [5, 5.41) is 4.00. The van der Waals surface area contributed by atoms with E-state index in [4.69, 9.17) is 10.5 Å². The van der Waals surface area contributed by atoms with Gasteiger partial charge in [-0.15, -0.1) is 0 Å². The third-order valence-corrected chi connectivity index (χ3v) is 3.24. The second-order valence-electron chi connectivity index (χ2n) is 3.86. The Morgan fingerprint density at radius 3 is 2.94 bits per heavy atom. The van der Waals surface area contributed by atoms with E-state index in [1.54, 1.807) is 4.68 Å². The van der Waals surface area contributed by atoms with E-state index >= 15 is 0 Å². The van der Waals surface area contributed by atoms with E-state index in [-0.39, 0.29) is 0 Å². The van der Waals surface area contributed by atoms with Gasteiger partial charge < -0.3 is 10.5 Å². The molecule has 0 unspecified atom stereocenters. The quantitative estimate of drug-likeness (QED) is 0.912. The van der Waals surface area contributed by atoms with Crippen molar-refractivity contribution < 1.29 is 4.74 Å². The first-order valence-electron chi connectivity index (χ1n) is 5.65. The second-order valence-corrected chi connectivity index (χ2v) is 4.71. The Bertz CT molecular complexity index is 527. The molecule has 5 nitrogen and oxygen atoms in total. The van der Waals surface area contributed by atoms with Crippen LogP contribution >= 0.6 is 15.9 Å². The van der Waals surface area contributed by atoms with Gasteiger partial charge in [-0.3, -0.25) is 4.68 Å². The summed E-state index contributed by atoms with van der Waals surface area (Å²) in [5.74, 6) is 1.61. The lowest BCUT2D eigenvalue weighted by molar-refractivity contribution is 0.285. The fraction of sp³-hybridized carbons (Fsp3) is 0.333. The number of benzene rings is 1. The lowest BCUT2D eigenvalue weighted by Gasteiger charge is -2.12. The molecule has 2 aromatic rings. The molecule has 18 heavy (non-hydrogen) atoms. The molecule has 6 heteroatoms. The van der Waals surface area contributed by atoms with Crippen LogP contribution in [0.25, 0.3) is 0 Å². The van der Waals surface area contributed by atoms with Gasteiger partial charge in [0.2, 0.25) is 0 Å². The maximum absolute atomic E-state index is 5.82. The van der Waals surface area contributed by atoms with Crippen molar-refractivity contribution in [2.75, 3.05) is 6.54 Å². The van der Waals surface area contributed by atoms with E-state index < -0.39 is 0 Å². The van der Waals surface area contributed by atoms with E-state index in [0.717, 1.165) is 28.0 Å². The van der Waals surface area contributed by atoms with Crippen molar-refractivity contribution in [3.8, 4) is 5.75 Å². The molecular formula is C12H15BrN4O. The topological polar surface area (TPSA) is 66.0 Å². The minimum atomic E-state index is 0.386. The van der Waals surface area contributed by atoms with Crippen molar-refractivity contribution in [3.63, 3.8) is 0 Å². The Morgan fingerprint density at radius 2 is 2.28 bits per heavy atom. The van der Waals surface area contributed by atoms with Crippen LogP contribution in [-0.2, 0) is 20.1 Å². The molecule has 0 saturated heterocycles. The van der Waals surface area contributed by atoms with Crippen molar-refractivity contribution in [2.24, 2.45) is 12.8 Å². The predicted molar refractivity (Wildman–Crippen MR) is 72.2 cm³/mol. The Balaban J connectivity index is 2.15. The van der Waals surface area contributed by atoms with Crippen molar-refractivity contribution >= 4 is 15.9 Å². The van der Waals surface area contributed by atoms with E-state index in [2.05, 4.69) is 26.0 Å². The van der Waals surface area contributed by atoms with Crippen LogP contribution in [-0.4, -0.2) is 21.3 Å². The number of ether oxygens (including phenoxy) is 1. The number of para-hydroxylation sites is 1. The minimum absolute atomic E-state index is 0.386. The number of rotatable bonds is 5. The van der Waals surface area contributed by atoms with Crippen molar-refractivity contribution in [2.45, 2.75) is 13.0 Å². The van der Waals surface area contributed by atoms with Gasteiger partial charge in [0.25, 0.3) is 0 Å². The Labute approximate surface area is 114 Å². The van der Waals surface area contributed by atoms with Crippen LogP contribution < -0.4 is 10.5 Å². The second kappa shape index (κ2) is 5.97. The summed E-state index contributed by atoms with van der Waals surface area (Å²) in [6, 6.07) is 5.94. The first kappa shape index (κ1) is 13.0. The van der Waals surface area contributed by atoms with Gasteiger partial charge in [-0.1, -0.05) is 12.1 Å². The summed E-state index contributed by atoms with van der Waals surface area (Å²) in [4.78, 5) is 4.12. The zero-order valence-electron chi connectivity index (χ0n) is 10.1. The molecule has 0 bridgehead atoms. The van der Waals surface area contributed by atoms with E-state index in [1.807, 2.05) is 25.2 Å². The SMILES string of the molecule is Cn1ncnc1COc1c(Br)cccc1CCN. The highest BCUT2D eigenvalue weighted by Gasteiger charge is 2.09. The zero-order chi connectivity index (χ0) is 13.0. The van der Waals surface area contributed by atoms with Crippen LogP contribution in [0.5, 0.6) is 5.75 Å². The summed E-state index contributed by atoms with van der Waals surface area (Å²) in [6.45, 7) is 0.980. The number of hydrogen-bond acceptors (Lipinski definition) is 4. The lowest BCUT2D eigenvalue weighted by Crippen LogP contribution is -2.08. The fourth-order valence-corrected chi connectivity index (χ4v) is 2.18. The number of aryl methyl sites for hydroxylation is 1. The molecule has 2 rings (SSSR count). The molecule has 1 aromatic carbocycles. The smallest absolute Gasteiger partial charge is 0.164 e. The van der Waals surface area contributed by atoms with Gasteiger partial charge in [0.05, 0.1) is 4.47 Å². The van der Waals surface area contributed by atoms with Gasteiger partial charge in [-0.2, -0.15) is 5.10 Å². The molecule has 0 amide bonds. The molecule has 0 aliphatic rings. The molecule has 1 aromatic heterocycles. The molecule has 0 fully saturated rings. The number of nitrogens with two attached hydrogens (primary N) is 1. The van der Waals surface area contributed by atoms with Crippen molar-refractivity contribution in [3.05, 3.63) is 40.4 Å². The molecule has 1 heterocycles. The van der Waals surface area contributed by atoms with Gasteiger partial charge in [-0.25, -0.2) is 4.98 Å². The number of aromatic nitrogens is 3. The Kier molecular flexibility index (Phi) is 4.33. The molecule has 0 atom stereocenters. The zero-order valence-corrected chi connectivity index (χ0v) is 11.7. The maximum Gasteiger partial charge on any atom is 0.164 e. The number of hydrogen-bond donors (Lipinski definition) is 1. The van der Waals surface area contributed by atoms with E-state index in [0.29, 0.717) is 13.2 Å². The molecule has 0 aliphatic carbocycles. The van der Waals surface area contributed by atoms with Crippen LogP contribution in [0, 0.1) is 0 Å². The summed E-state index contributed by atoms with van der Waals surface area (Å²) in [5.41, 5.74) is 6.69. The summed E-state index contributed by atoms with van der Waals surface area (Å²) >= 11 is 3.49. The highest BCUT2D eigenvalue weighted by atomic mass is 79.9. The monoisotopic (exact) mass is 310 g/mol. The highest BCUT2D eigenvalue weighted by Crippen LogP contribution is 2.29. The molecule has 0 spiro atoms. The Hall–Kier alpha value is -1.40. The van der Waals surface area contributed by atoms with Crippen LogP contribution in [0.1, 0.15) is 11.4 Å². The largest absolute Gasteiger partial charge is 0.484 e. The summed E-state index contributed by atoms with van der Waals surface area (Å²) in [7, 11) is 1.84. The Morgan fingerprint density at radius 1 is 1.44 bits per heavy atom. The van der Waals surface area contributed by atoms with E-state index in [9.17, 15) is 0 Å². The van der Waals surface area contributed by atoms with Gasteiger partial charge >= 0.3 is 0 Å². The fourth-order valence-electron chi connectivity index (χ4n) is 1.66. The van der Waals surface area contributed by atoms with Crippen LogP contribution in [0.4, 0.5) is 0 Å². The first-order valence-corrected chi connectivity index (χ1v) is 6.44. The van der Waals surface area contributed by atoms with Crippen LogP contribution in [0.3, 0.4) is 0 Å². The summed E-state index contributed by atoms with van der Waals surface area (Å²) in [6.07, 6.45) is 2.30. The third-order valence-electron chi connectivity index (χ3n) is 2.61. The van der Waals surface area contributed by atoms with Gasteiger partial charge in [0.1, 0.15) is 18.7 Å². The molecule has 0 radical (unpaired) electrons. The minimum Gasteiger partial charge on any atom is -0.484 e. The molecular weight excluding hydrogens is 296 g/mol. The average Bonchev–Trinajstić information content (AvgIpc) is 2.75. The molecule has 2 N–H and O–H groups in total. The van der Waals surface area contributed by atoms with Gasteiger partial charge in [0.15, 0.2) is 5.82 Å². The number of halogens is 1. The van der Waals surface area contributed by atoms with Crippen molar-refractivity contribution in [1.82, 2.24) is 14.8 Å². The summed E-state index contributed by atoms with van der Waals surface area (Å²) < 4.78 is 8.44. The van der Waals surface area contributed by atoms with Gasteiger partial charge in [0, 0.05) is 7.05 Å². The highest BCUT2D eigenvalue weighted by molar-refractivity contribution is 9.10.